The van der Waals surface area contributed by atoms with Gasteiger partial charge in [0.15, 0.2) is 18.9 Å². The number of ether oxygens (including phenoxy) is 6. The van der Waals surface area contributed by atoms with Gasteiger partial charge >= 0.3 is 0 Å². The van der Waals surface area contributed by atoms with Crippen molar-refractivity contribution < 1.29 is 89.4 Å². The number of nitrogens with one attached hydrogen (secondary N) is 1. The minimum atomic E-state index is -1.98. The number of carbonyl (C=O) groups excluding carboxylic acids is 1. The predicted molar refractivity (Wildman–Crippen MR) is 360 cm³/mol. The van der Waals surface area contributed by atoms with E-state index in [-0.39, 0.29) is 18.9 Å². The third-order valence-electron chi connectivity index (χ3n) is 18.4. The molecule has 1 amide bonds. The van der Waals surface area contributed by atoms with Crippen LogP contribution in [0.4, 0.5) is 0 Å². The molecule has 3 aliphatic heterocycles. The number of aliphatic hydroxyl groups excluding tert-OH is 11. The number of unbranched alkanes of at least 4 members (excludes halogenated alkanes) is 35. The van der Waals surface area contributed by atoms with Crippen molar-refractivity contribution in [3.05, 3.63) is 48.6 Å². The molecule has 0 saturated carbocycles. The van der Waals surface area contributed by atoms with E-state index in [1.54, 1.807) is 6.08 Å². The quantitative estimate of drug-likeness (QED) is 0.0199. The van der Waals surface area contributed by atoms with Gasteiger partial charge in [0.1, 0.15) is 73.2 Å². The maximum Gasteiger partial charge on any atom is 0.220 e. The van der Waals surface area contributed by atoms with Crippen LogP contribution in [0.3, 0.4) is 0 Å². The summed E-state index contributed by atoms with van der Waals surface area (Å²) >= 11 is 0. The van der Waals surface area contributed by atoms with Gasteiger partial charge in [-0.1, -0.05) is 262 Å². The molecule has 3 saturated heterocycles. The van der Waals surface area contributed by atoms with Crippen LogP contribution in [0.1, 0.15) is 277 Å². The van der Waals surface area contributed by atoms with Crippen LogP contribution in [-0.2, 0) is 33.2 Å². The Morgan fingerprint density at radius 1 is 0.391 bits per heavy atom. The number of allylic oxidation sites excluding steroid dienone is 7. The van der Waals surface area contributed by atoms with Gasteiger partial charge in [0, 0.05) is 6.42 Å². The number of hydrogen-bond donors (Lipinski definition) is 12. The molecule has 19 nitrogen and oxygen atoms in total. The van der Waals surface area contributed by atoms with Gasteiger partial charge in [-0.05, 0) is 57.8 Å². The zero-order valence-electron chi connectivity index (χ0n) is 57.0. The average Bonchev–Trinajstić information content (AvgIpc) is 0.854. The van der Waals surface area contributed by atoms with Crippen molar-refractivity contribution in [1.82, 2.24) is 5.32 Å². The molecule has 0 aromatic rings. The summed E-state index contributed by atoms with van der Waals surface area (Å²) in [5.41, 5.74) is 0. The first-order valence-corrected chi connectivity index (χ1v) is 36.9. The van der Waals surface area contributed by atoms with Crippen LogP contribution >= 0.6 is 0 Å². The fraction of sp³-hybridized carbons (Fsp3) is 0.877. The molecule has 19 heteroatoms. The van der Waals surface area contributed by atoms with Crippen LogP contribution in [0.2, 0.25) is 0 Å². The van der Waals surface area contributed by atoms with Gasteiger partial charge < -0.3 is 89.9 Å². The number of carbonyl (C=O) groups is 1. The molecule has 0 radical (unpaired) electrons. The number of aliphatic hydroxyl groups is 11. The Morgan fingerprint density at radius 3 is 1.12 bits per heavy atom. The SMILES string of the molecule is CCCCCCC/C=C\C/C=C\C/C=C\CCCCCCCCCCCCCCC(=O)NC(COC1OC(CO)C(OC2OC(CO)C(OC3OC(CO)C(O)C(O)C3O)C(O)C2O)C(O)C1O)C(O)/C=C/CCCCCCCCCCCCCCCCCCCC. The largest absolute Gasteiger partial charge is 0.394 e. The van der Waals surface area contributed by atoms with Gasteiger partial charge in [0.05, 0.1) is 38.6 Å². The first-order chi connectivity index (χ1) is 44.8. The van der Waals surface area contributed by atoms with E-state index in [1.165, 1.54) is 186 Å². The minimum absolute atomic E-state index is 0.241. The molecule has 3 rings (SSSR count). The molecule has 0 aromatic carbocycles. The van der Waals surface area contributed by atoms with Crippen molar-refractivity contribution in [2.75, 3.05) is 26.4 Å². The van der Waals surface area contributed by atoms with E-state index in [1.807, 2.05) is 6.08 Å². The highest BCUT2D eigenvalue weighted by molar-refractivity contribution is 5.76. The summed E-state index contributed by atoms with van der Waals surface area (Å²) in [6.45, 7) is 1.75. The molecule has 0 spiro atoms. The summed E-state index contributed by atoms with van der Waals surface area (Å²) in [7, 11) is 0. The van der Waals surface area contributed by atoms with Crippen molar-refractivity contribution in [2.45, 2.75) is 381 Å². The van der Waals surface area contributed by atoms with Gasteiger partial charge in [-0.25, -0.2) is 0 Å². The lowest BCUT2D eigenvalue weighted by Crippen LogP contribution is -2.66. The smallest absolute Gasteiger partial charge is 0.220 e. The Labute approximate surface area is 554 Å². The van der Waals surface area contributed by atoms with Gasteiger partial charge in [0.25, 0.3) is 0 Å². The maximum atomic E-state index is 13.4. The molecule has 3 heterocycles. The van der Waals surface area contributed by atoms with E-state index < -0.39 is 124 Å². The lowest BCUT2D eigenvalue weighted by Gasteiger charge is -2.48. The van der Waals surface area contributed by atoms with Crippen LogP contribution in [0, 0.1) is 0 Å². The highest BCUT2D eigenvalue weighted by Gasteiger charge is 2.53. The second-order valence-corrected chi connectivity index (χ2v) is 26.4. The third-order valence-corrected chi connectivity index (χ3v) is 18.4. The van der Waals surface area contributed by atoms with Crippen molar-refractivity contribution in [3.8, 4) is 0 Å². The van der Waals surface area contributed by atoms with Gasteiger partial charge in [-0.3, -0.25) is 4.79 Å². The van der Waals surface area contributed by atoms with Crippen molar-refractivity contribution in [1.29, 1.82) is 0 Å². The standard InChI is InChI=1S/C73H133NO18/c1-3-5-7-9-11-13-15-17-19-21-23-25-26-27-28-29-30-31-33-35-37-39-41-43-45-47-49-51-61(79)74-56(57(78)50-48-46-44-42-40-38-36-34-32-24-22-20-18-16-14-12-10-8-6-4-2)55-87-71-67(85)64(82)69(59(53-76)89-71)92-73-68(86)65(83)70(60(54-77)90-73)91-72-66(84)63(81)62(80)58(52-75)88-72/h15,17,21,23,26-27,48,50,56-60,62-73,75-78,80-86H,3-14,16,18-20,22,24-25,28-47,49,51-55H2,1-2H3,(H,74,79)/b17-15-,23-21-,27-26-,50-48+. The highest BCUT2D eigenvalue weighted by Crippen LogP contribution is 2.33. The van der Waals surface area contributed by atoms with Crippen molar-refractivity contribution >= 4 is 5.91 Å². The molecule has 12 N–H and O–H groups in total. The Kier molecular flexibility index (Phi) is 50.0. The zero-order valence-corrected chi connectivity index (χ0v) is 57.0. The van der Waals surface area contributed by atoms with E-state index in [0.717, 1.165) is 64.2 Å². The Bertz CT molecular complexity index is 1860. The van der Waals surface area contributed by atoms with Crippen LogP contribution in [0.15, 0.2) is 48.6 Å². The number of hydrogen-bond acceptors (Lipinski definition) is 18. The molecule has 92 heavy (non-hydrogen) atoms. The lowest BCUT2D eigenvalue weighted by atomic mass is 9.96. The molecule has 3 aliphatic rings. The monoisotopic (exact) mass is 1310 g/mol. The third kappa shape index (κ3) is 35.8. The molecule has 0 bridgehead atoms. The summed E-state index contributed by atoms with van der Waals surface area (Å²) in [5.74, 6) is -0.276. The zero-order chi connectivity index (χ0) is 66.8. The fourth-order valence-corrected chi connectivity index (χ4v) is 12.4. The van der Waals surface area contributed by atoms with Gasteiger partial charge in [-0.15, -0.1) is 0 Å². The molecule has 3 fully saturated rings. The van der Waals surface area contributed by atoms with E-state index in [4.69, 9.17) is 28.4 Å². The first kappa shape index (κ1) is 84.0. The maximum absolute atomic E-state index is 13.4. The fourth-order valence-electron chi connectivity index (χ4n) is 12.4. The van der Waals surface area contributed by atoms with E-state index in [2.05, 4.69) is 55.6 Å². The van der Waals surface area contributed by atoms with E-state index in [9.17, 15) is 61.0 Å². The molecule has 538 valence electrons. The van der Waals surface area contributed by atoms with E-state index in [0.29, 0.717) is 6.42 Å². The minimum Gasteiger partial charge on any atom is -0.394 e. The molecule has 17 atom stereocenters. The summed E-state index contributed by atoms with van der Waals surface area (Å²) < 4.78 is 34.4. The first-order valence-electron chi connectivity index (χ1n) is 36.9. The summed E-state index contributed by atoms with van der Waals surface area (Å²) in [6.07, 6.45) is 39.3. The molecule has 17 unspecified atom stereocenters. The van der Waals surface area contributed by atoms with Crippen LogP contribution < -0.4 is 5.32 Å². The highest BCUT2D eigenvalue weighted by atomic mass is 16.8. The average molecular weight is 1310 g/mol. The number of amides is 1. The summed E-state index contributed by atoms with van der Waals surface area (Å²) in [5, 5.41) is 121. The van der Waals surface area contributed by atoms with Crippen LogP contribution in [0.5, 0.6) is 0 Å². The Hall–Kier alpha value is -2.25. The number of rotatable bonds is 57. The van der Waals surface area contributed by atoms with Crippen molar-refractivity contribution in [3.63, 3.8) is 0 Å². The van der Waals surface area contributed by atoms with Gasteiger partial charge in [0.2, 0.25) is 5.91 Å². The Balaban J connectivity index is 1.42. The van der Waals surface area contributed by atoms with Gasteiger partial charge in [-0.2, -0.15) is 0 Å². The topological polar surface area (TPSA) is 307 Å². The Morgan fingerprint density at radius 2 is 0.717 bits per heavy atom. The second-order valence-electron chi connectivity index (χ2n) is 26.4. The molecular weight excluding hydrogens is 1180 g/mol. The predicted octanol–water partition coefficient (Wildman–Crippen LogP) is 10.6. The van der Waals surface area contributed by atoms with E-state index >= 15 is 0 Å². The lowest BCUT2D eigenvalue weighted by molar-refractivity contribution is -0.379. The summed E-state index contributed by atoms with van der Waals surface area (Å²) in [6, 6.07) is -0.976. The summed E-state index contributed by atoms with van der Waals surface area (Å²) in [4.78, 5) is 13.4. The van der Waals surface area contributed by atoms with Crippen LogP contribution in [-0.4, -0.2) is 193 Å². The second kappa shape index (κ2) is 54.7. The molecule has 0 aromatic heterocycles. The molecular formula is C73H133NO18. The normalized spacial score (nSPS) is 27.9. The molecule has 0 aliphatic carbocycles. The van der Waals surface area contributed by atoms with Crippen molar-refractivity contribution in [2.24, 2.45) is 0 Å². The van der Waals surface area contributed by atoms with Crippen LogP contribution in [0.25, 0.3) is 0 Å².